The van der Waals surface area contributed by atoms with Crippen molar-refractivity contribution in [2.24, 2.45) is 0 Å². The summed E-state index contributed by atoms with van der Waals surface area (Å²) in [5, 5.41) is 9.41. The Labute approximate surface area is 139 Å². The van der Waals surface area contributed by atoms with Crippen LogP contribution in [0, 0.1) is 11.3 Å². The molecular formula is C18H16N4O2. The first kappa shape index (κ1) is 15.4. The van der Waals surface area contributed by atoms with Gasteiger partial charge in [0.1, 0.15) is 28.9 Å². The number of aromatic amines is 1. The number of hydrogen-bond acceptors (Lipinski definition) is 5. The predicted molar refractivity (Wildman–Crippen MR) is 91.7 cm³/mol. The molecule has 0 saturated carbocycles. The van der Waals surface area contributed by atoms with E-state index in [4.69, 9.17) is 15.2 Å². The molecule has 0 bridgehead atoms. The monoisotopic (exact) mass is 320 g/mol. The van der Waals surface area contributed by atoms with Gasteiger partial charge >= 0.3 is 0 Å². The van der Waals surface area contributed by atoms with E-state index in [1.165, 1.54) is 0 Å². The molecule has 0 atom stereocenters. The van der Waals surface area contributed by atoms with E-state index in [1.807, 2.05) is 24.3 Å². The molecule has 3 aromatic rings. The van der Waals surface area contributed by atoms with Crippen molar-refractivity contribution in [2.75, 3.05) is 20.0 Å². The maximum absolute atomic E-state index is 9.41. The lowest BCUT2D eigenvalue weighted by Crippen LogP contribution is -2.01. The second-order valence-electron chi connectivity index (χ2n) is 5.08. The maximum Gasteiger partial charge on any atom is 0.142 e. The zero-order valence-corrected chi connectivity index (χ0v) is 13.3. The second kappa shape index (κ2) is 6.34. The third-order valence-corrected chi connectivity index (χ3v) is 3.73. The standard InChI is InChI=1S/C18H16N4O2/c1-23-11-5-6-17(24-2)13(8-11)16-9-12(15-4-3-7-21-15)14(10-19)18(20)22-16/h3-9,21H,1-2H3,(H2,20,22). The molecule has 120 valence electrons. The molecule has 6 heteroatoms. The SMILES string of the molecule is COc1ccc(OC)c(-c2cc(-c3ccc[nH]3)c(C#N)c(N)n2)c1. The Bertz CT molecular complexity index is 912. The fraction of sp³-hybridized carbons (Fsp3) is 0.111. The van der Waals surface area contributed by atoms with Gasteiger partial charge in [0.05, 0.1) is 19.9 Å². The van der Waals surface area contributed by atoms with Crippen LogP contribution in [-0.2, 0) is 0 Å². The zero-order chi connectivity index (χ0) is 17.1. The first-order valence-corrected chi connectivity index (χ1v) is 7.24. The highest BCUT2D eigenvalue weighted by molar-refractivity contribution is 5.80. The van der Waals surface area contributed by atoms with Crippen molar-refractivity contribution in [1.82, 2.24) is 9.97 Å². The number of nitrogen functional groups attached to an aromatic ring is 1. The van der Waals surface area contributed by atoms with Crippen molar-refractivity contribution >= 4 is 5.82 Å². The first-order valence-electron chi connectivity index (χ1n) is 7.24. The van der Waals surface area contributed by atoms with E-state index < -0.39 is 0 Å². The number of methoxy groups -OCH3 is 2. The number of anilines is 1. The lowest BCUT2D eigenvalue weighted by Gasteiger charge is -2.13. The van der Waals surface area contributed by atoms with Gasteiger partial charge in [-0.1, -0.05) is 0 Å². The minimum absolute atomic E-state index is 0.171. The van der Waals surface area contributed by atoms with Crippen LogP contribution in [0.5, 0.6) is 11.5 Å². The average Bonchev–Trinajstić information content (AvgIpc) is 3.14. The van der Waals surface area contributed by atoms with Gasteiger partial charge in [-0.05, 0) is 36.4 Å². The molecule has 24 heavy (non-hydrogen) atoms. The molecule has 0 fully saturated rings. The summed E-state index contributed by atoms with van der Waals surface area (Å²) in [6.07, 6.45) is 1.79. The van der Waals surface area contributed by atoms with E-state index in [-0.39, 0.29) is 5.82 Å². The number of H-pyrrole nitrogens is 1. The Morgan fingerprint density at radius 2 is 1.96 bits per heavy atom. The number of nitrogens with one attached hydrogen (secondary N) is 1. The summed E-state index contributed by atoms with van der Waals surface area (Å²) >= 11 is 0. The number of benzene rings is 1. The molecular weight excluding hydrogens is 304 g/mol. The highest BCUT2D eigenvalue weighted by Crippen LogP contribution is 2.36. The van der Waals surface area contributed by atoms with Gasteiger partial charge in [0, 0.05) is 23.0 Å². The molecule has 6 nitrogen and oxygen atoms in total. The molecule has 3 N–H and O–H groups in total. The summed E-state index contributed by atoms with van der Waals surface area (Å²) in [6, 6.07) is 13.1. The van der Waals surface area contributed by atoms with Crippen LogP contribution in [-0.4, -0.2) is 24.2 Å². The predicted octanol–water partition coefficient (Wildman–Crippen LogP) is 3.21. The number of rotatable bonds is 4. The minimum atomic E-state index is 0.171. The van der Waals surface area contributed by atoms with Crippen molar-refractivity contribution in [2.45, 2.75) is 0 Å². The van der Waals surface area contributed by atoms with Crippen molar-refractivity contribution in [3.05, 3.63) is 48.2 Å². The van der Waals surface area contributed by atoms with E-state index in [2.05, 4.69) is 16.0 Å². The van der Waals surface area contributed by atoms with Crippen LogP contribution in [0.3, 0.4) is 0 Å². The van der Waals surface area contributed by atoms with Crippen molar-refractivity contribution in [1.29, 1.82) is 5.26 Å². The van der Waals surface area contributed by atoms with Crippen LogP contribution in [0.25, 0.3) is 22.5 Å². The maximum atomic E-state index is 9.41. The Hall–Kier alpha value is -3.46. The van der Waals surface area contributed by atoms with Crippen molar-refractivity contribution < 1.29 is 9.47 Å². The molecule has 0 aliphatic rings. The fourth-order valence-corrected chi connectivity index (χ4v) is 2.54. The number of pyridine rings is 1. The van der Waals surface area contributed by atoms with Crippen LogP contribution in [0.15, 0.2) is 42.6 Å². The molecule has 0 spiro atoms. The van der Waals surface area contributed by atoms with Crippen LogP contribution < -0.4 is 15.2 Å². The smallest absolute Gasteiger partial charge is 0.142 e. The van der Waals surface area contributed by atoms with Crippen molar-refractivity contribution in [3.63, 3.8) is 0 Å². The van der Waals surface area contributed by atoms with E-state index >= 15 is 0 Å². The number of aromatic nitrogens is 2. The molecule has 0 amide bonds. The Morgan fingerprint density at radius 1 is 1.12 bits per heavy atom. The zero-order valence-electron chi connectivity index (χ0n) is 13.3. The lowest BCUT2D eigenvalue weighted by atomic mass is 10.0. The molecule has 3 rings (SSSR count). The largest absolute Gasteiger partial charge is 0.497 e. The summed E-state index contributed by atoms with van der Waals surface area (Å²) < 4.78 is 10.7. The van der Waals surface area contributed by atoms with Gasteiger partial charge in [0.25, 0.3) is 0 Å². The second-order valence-corrected chi connectivity index (χ2v) is 5.08. The van der Waals surface area contributed by atoms with Gasteiger partial charge in [-0.15, -0.1) is 0 Å². The number of nitriles is 1. The van der Waals surface area contributed by atoms with E-state index in [0.29, 0.717) is 28.3 Å². The molecule has 0 aliphatic heterocycles. The number of hydrogen-bond donors (Lipinski definition) is 2. The van der Waals surface area contributed by atoms with Gasteiger partial charge < -0.3 is 20.2 Å². The first-order chi connectivity index (χ1) is 11.7. The number of ether oxygens (including phenoxy) is 2. The Kier molecular flexibility index (Phi) is 4.08. The summed E-state index contributed by atoms with van der Waals surface area (Å²) in [5.41, 5.74) is 9.18. The minimum Gasteiger partial charge on any atom is -0.497 e. The van der Waals surface area contributed by atoms with Crippen LogP contribution in [0.2, 0.25) is 0 Å². The van der Waals surface area contributed by atoms with Gasteiger partial charge in [-0.25, -0.2) is 4.98 Å². The van der Waals surface area contributed by atoms with Gasteiger partial charge in [-0.2, -0.15) is 5.26 Å². The Morgan fingerprint density at radius 3 is 2.58 bits per heavy atom. The Balaban J connectivity index is 2.25. The summed E-state index contributed by atoms with van der Waals surface area (Å²) in [5.74, 6) is 1.49. The number of nitrogens with two attached hydrogens (primary N) is 1. The topological polar surface area (TPSA) is 97.0 Å². The number of nitrogens with zero attached hydrogens (tertiary/aromatic N) is 2. The molecule has 0 saturated heterocycles. The average molecular weight is 320 g/mol. The third kappa shape index (κ3) is 2.63. The van der Waals surface area contributed by atoms with Gasteiger partial charge in [0.2, 0.25) is 0 Å². The molecule has 1 aromatic carbocycles. The van der Waals surface area contributed by atoms with E-state index in [0.717, 1.165) is 11.3 Å². The highest BCUT2D eigenvalue weighted by Gasteiger charge is 2.16. The lowest BCUT2D eigenvalue weighted by molar-refractivity contribution is 0.404. The van der Waals surface area contributed by atoms with Gasteiger partial charge in [0.15, 0.2) is 0 Å². The molecule has 0 unspecified atom stereocenters. The van der Waals surface area contributed by atoms with Crippen LogP contribution >= 0.6 is 0 Å². The quantitative estimate of drug-likeness (QED) is 0.769. The summed E-state index contributed by atoms with van der Waals surface area (Å²) in [4.78, 5) is 7.47. The van der Waals surface area contributed by atoms with Crippen LogP contribution in [0.1, 0.15) is 5.56 Å². The summed E-state index contributed by atoms with van der Waals surface area (Å²) in [7, 11) is 3.18. The van der Waals surface area contributed by atoms with E-state index in [1.54, 1.807) is 32.5 Å². The molecule has 2 heterocycles. The normalized spacial score (nSPS) is 10.2. The molecule has 0 radical (unpaired) electrons. The van der Waals surface area contributed by atoms with Crippen LogP contribution in [0.4, 0.5) is 5.82 Å². The molecule has 2 aromatic heterocycles. The van der Waals surface area contributed by atoms with Crippen molar-refractivity contribution in [3.8, 4) is 40.1 Å². The summed E-state index contributed by atoms with van der Waals surface area (Å²) in [6.45, 7) is 0. The van der Waals surface area contributed by atoms with E-state index in [9.17, 15) is 5.26 Å². The fourth-order valence-electron chi connectivity index (χ4n) is 2.54. The van der Waals surface area contributed by atoms with Gasteiger partial charge in [-0.3, -0.25) is 0 Å². The highest BCUT2D eigenvalue weighted by atomic mass is 16.5. The molecule has 0 aliphatic carbocycles. The third-order valence-electron chi connectivity index (χ3n) is 3.73.